The zero-order valence-electron chi connectivity index (χ0n) is 8.33. The van der Waals surface area contributed by atoms with Crippen molar-refractivity contribution in [2.24, 2.45) is 0 Å². The number of halogens is 3. The van der Waals surface area contributed by atoms with Crippen LogP contribution in [0, 0.1) is 0 Å². The van der Waals surface area contributed by atoms with Crippen molar-refractivity contribution in [1.82, 2.24) is 0 Å². The van der Waals surface area contributed by atoms with Gasteiger partial charge in [0.15, 0.2) is 0 Å². The van der Waals surface area contributed by atoms with E-state index < -0.39 is 18.3 Å². The van der Waals surface area contributed by atoms with E-state index in [0.29, 0.717) is 0 Å². The monoisotopic (exact) mass is 222 g/mol. The lowest BCUT2D eigenvalue weighted by molar-refractivity contribution is 0.452. The largest absolute Gasteiger partial charge is 0.243 e. The summed E-state index contributed by atoms with van der Waals surface area (Å²) in [5.74, 6) is -1.52. The minimum absolute atomic E-state index is 0.0511. The summed E-state index contributed by atoms with van der Waals surface area (Å²) in [6.07, 6.45) is 0.245. The third kappa shape index (κ3) is 3.30. The maximum Gasteiger partial charge on any atom is 0.141 e. The summed E-state index contributed by atoms with van der Waals surface area (Å²) in [5, 5.41) is 0.0511. The van der Waals surface area contributed by atoms with Gasteiger partial charge in [0.25, 0.3) is 0 Å². The first-order chi connectivity index (χ1) is 6.45. The first-order valence-corrected chi connectivity index (χ1v) is 4.78. The molecule has 0 rings (SSSR count). The number of allylic oxidation sites excluding steroid dienone is 5. The molecule has 0 N–H and O–H groups in total. The first kappa shape index (κ1) is 13.4. The topological polar surface area (TPSA) is 0 Å². The van der Waals surface area contributed by atoms with Gasteiger partial charge in [0.05, 0.1) is 0 Å². The Hall–Kier alpha value is -0.560. The number of hydrogen-bond donors (Lipinski definition) is 0. The van der Waals surface area contributed by atoms with Gasteiger partial charge in [-0.25, -0.2) is 13.2 Å². The quantitative estimate of drug-likeness (QED) is 0.493. The Morgan fingerprint density at radius 1 is 1.36 bits per heavy atom. The lowest BCUT2D eigenvalue weighted by Crippen LogP contribution is -1.92. The van der Waals surface area contributed by atoms with Gasteiger partial charge in [0.1, 0.15) is 18.3 Å². The summed E-state index contributed by atoms with van der Waals surface area (Å²) in [7, 11) is 2.08. The van der Waals surface area contributed by atoms with Crippen LogP contribution in [-0.2, 0) is 0 Å². The third-order valence-electron chi connectivity index (χ3n) is 1.73. The summed E-state index contributed by atoms with van der Waals surface area (Å²) < 4.78 is 38.3. The molecule has 0 fully saturated rings. The Kier molecular flexibility index (Phi) is 5.78. The fourth-order valence-electron chi connectivity index (χ4n) is 0.971. The van der Waals surface area contributed by atoms with Gasteiger partial charge in [-0.05, 0) is 24.5 Å². The minimum atomic E-state index is -1.20. The molecule has 0 heterocycles. The Balaban J connectivity index is 5.27. The van der Waals surface area contributed by atoms with Crippen molar-refractivity contribution in [2.45, 2.75) is 20.3 Å². The van der Waals surface area contributed by atoms with Crippen LogP contribution in [0.5, 0.6) is 0 Å². The summed E-state index contributed by atoms with van der Waals surface area (Å²) in [5.41, 5.74) is 0.255. The smallest absolute Gasteiger partial charge is 0.141 e. The Bertz CT molecular complexity index is 290. The highest BCUT2D eigenvalue weighted by atomic mass is 31.0. The molecule has 0 aliphatic carbocycles. The van der Waals surface area contributed by atoms with Gasteiger partial charge in [-0.2, -0.15) is 0 Å². The second-order valence-electron chi connectivity index (χ2n) is 2.88. The molecule has 0 spiro atoms. The SMILES string of the molecule is C=C(C)/C(F)=C(P)\C(CC)=C(\F)CF. The highest BCUT2D eigenvalue weighted by Gasteiger charge is 2.11. The molecule has 1 atom stereocenters. The summed E-state index contributed by atoms with van der Waals surface area (Å²) in [4.78, 5) is 0. The molecule has 80 valence electrons. The standard InChI is InChI=1S/C10H14F3P/c1-4-7(8(12)5-11)10(14)9(13)6(2)3/h2,4-5,14H2,1,3H3/b8-7+,10-9-. The Morgan fingerprint density at radius 2 is 1.86 bits per heavy atom. The van der Waals surface area contributed by atoms with E-state index in [2.05, 4.69) is 15.8 Å². The van der Waals surface area contributed by atoms with Gasteiger partial charge in [0, 0.05) is 5.31 Å². The lowest BCUT2D eigenvalue weighted by atomic mass is 10.1. The molecular formula is C10H14F3P. The van der Waals surface area contributed by atoms with E-state index >= 15 is 0 Å². The Morgan fingerprint density at radius 3 is 2.14 bits per heavy atom. The molecule has 0 aromatic heterocycles. The second kappa shape index (κ2) is 6.02. The van der Waals surface area contributed by atoms with Gasteiger partial charge in [-0.15, -0.1) is 9.24 Å². The second-order valence-corrected chi connectivity index (χ2v) is 3.46. The zero-order valence-corrected chi connectivity index (χ0v) is 9.49. The molecule has 0 amide bonds. The van der Waals surface area contributed by atoms with Crippen molar-refractivity contribution in [1.29, 1.82) is 0 Å². The van der Waals surface area contributed by atoms with Crippen LogP contribution in [0.15, 0.2) is 34.7 Å². The third-order valence-corrected chi connectivity index (χ3v) is 2.34. The molecule has 0 aromatic carbocycles. The van der Waals surface area contributed by atoms with Crippen LogP contribution in [0.3, 0.4) is 0 Å². The number of rotatable bonds is 4. The molecular weight excluding hydrogens is 208 g/mol. The van der Waals surface area contributed by atoms with E-state index in [1.807, 2.05) is 0 Å². The molecule has 0 saturated carbocycles. The van der Waals surface area contributed by atoms with E-state index in [-0.39, 0.29) is 22.9 Å². The van der Waals surface area contributed by atoms with Crippen LogP contribution in [-0.4, -0.2) is 6.67 Å². The lowest BCUT2D eigenvalue weighted by Gasteiger charge is -2.08. The molecule has 0 aliphatic rings. The fraction of sp³-hybridized carbons (Fsp3) is 0.400. The highest BCUT2D eigenvalue weighted by Crippen LogP contribution is 2.31. The number of hydrogen-bond acceptors (Lipinski definition) is 0. The van der Waals surface area contributed by atoms with Crippen molar-refractivity contribution in [2.75, 3.05) is 6.67 Å². The van der Waals surface area contributed by atoms with Crippen molar-refractivity contribution in [3.05, 3.63) is 34.7 Å². The minimum Gasteiger partial charge on any atom is -0.243 e. The predicted octanol–water partition coefficient (Wildman–Crippen LogP) is 4.22. The van der Waals surface area contributed by atoms with Crippen molar-refractivity contribution >= 4 is 9.24 Å². The summed E-state index contributed by atoms with van der Waals surface area (Å²) >= 11 is 0. The summed E-state index contributed by atoms with van der Waals surface area (Å²) in [6.45, 7) is 5.30. The number of alkyl halides is 1. The van der Waals surface area contributed by atoms with Crippen LogP contribution >= 0.6 is 9.24 Å². The zero-order chi connectivity index (χ0) is 11.3. The van der Waals surface area contributed by atoms with Gasteiger partial charge >= 0.3 is 0 Å². The van der Waals surface area contributed by atoms with Gasteiger partial charge in [0.2, 0.25) is 0 Å². The van der Waals surface area contributed by atoms with E-state index in [9.17, 15) is 13.2 Å². The molecule has 0 aliphatic heterocycles. The van der Waals surface area contributed by atoms with E-state index in [1.54, 1.807) is 6.92 Å². The molecule has 4 heteroatoms. The van der Waals surface area contributed by atoms with Crippen LogP contribution < -0.4 is 0 Å². The van der Waals surface area contributed by atoms with E-state index in [1.165, 1.54) is 6.92 Å². The van der Waals surface area contributed by atoms with Crippen LogP contribution in [0.4, 0.5) is 13.2 Å². The average molecular weight is 222 g/mol. The Labute approximate surface area is 84.8 Å². The molecule has 0 bridgehead atoms. The molecule has 0 saturated heterocycles. The van der Waals surface area contributed by atoms with Gasteiger partial charge < -0.3 is 0 Å². The van der Waals surface area contributed by atoms with Gasteiger partial charge in [-0.3, -0.25) is 0 Å². The van der Waals surface area contributed by atoms with Crippen LogP contribution in [0.1, 0.15) is 20.3 Å². The van der Waals surface area contributed by atoms with Crippen LogP contribution in [0.2, 0.25) is 0 Å². The maximum absolute atomic E-state index is 13.3. The maximum atomic E-state index is 13.3. The normalized spacial score (nSPS) is 14.7. The van der Waals surface area contributed by atoms with Crippen molar-refractivity contribution in [3.63, 3.8) is 0 Å². The highest BCUT2D eigenvalue weighted by molar-refractivity contribution is 7.23. The van der Waals surface area contributed by atoms with Crippen molar-refractivity contribution < 1.29 is 13.2 Å². The summed E-state index contributed by atoms with van der Waals surface area (Å²) in [6, 6.07) is 0. The molecule has 14 heavy (non-hydrogen) atoms. The first-order valence-electron chi connectivity index (χ1n) is 4.20. The fourth-order valence-corrected chi connectivity index (χ4v) is 1.58. The van der Waals surface area contributed by atoms with Crippen LogP contribution in [0.25, 0.3) is 0 Å². The van der Waals surface area contributed by atoms with E-state index in [0.717, 1.165) is 0 Å². The van der Waals surface area contributed by atoms with Gasteiger partial charge in [-0.1, -0.05) is 13.5 Å². The van der Waals surface area contributed by atoms with E-state index in [4.69, 9.17) is 0 Å². The molecule has 1 unspecified atom stereocenters. The molecule has 0 aromatic rings. The van der Waals surface area contributed by atoms with Crippen molar-refractivity contribution in [3.8, 4) is 0 Å². The average Bonchev–Trinajstić information content (AvgIpc) is 2.16. The predicted molar refractivity (Wildman–Crippen MR) is 57.1 cm³/mol. The molecule has 0 radical (unpaired) electrons. The molecule has 0 nitrogen and oxygen atoms in total.